The third-order valence-corrected chi connectivity index (χ3v) is 1.61. The van der Waals surface area contributed by atoms with Crippen LogP contribution < -0.4 is 0 Å². The summed E-state index contributed by atoms with van der Waals surface area (Å²) in [5, 5.41) is 35.2. The van der Waals surface area contributed by atoms with Gasteiger partial charge in [-0.1, -0.05) is 0 Å². The summed E-state index contributed by atoms with van der Waals surface area (Å²) in [6, 6.07) is 1.81. The van der Waals surface area contributed by atoms with E-state index < -0.39 is 34.6 Å². The molecule has 0 aromatic heterocycles. The fourth-order valence-electron chi connectivity index (χ4n) is 0.925. The van der Waals surface area contributed by atoms with Crippen molar-refractivity contribution in [2.24, 2.45) is 0 Å². The Labute approximate surface area is 191 Å². The van der Waals surface area contributed by atoms with Gasteiger partial charge in [-0.25, -0.2) is 9.59 Å². The Morgan fingerprint density at radius 2 is 0.944 bits per heavy atom. The minimum atomic E-state index is -1.45. The second-order valence-corrected chi connectivity index (χ2v) is 2.47. The van der Waals surface area contributed by atoms with E-state index in [4.69, 9.17) is 20.4 Å². The van der Waals surface area contributed by atoms with E-state index in [1.807, 2.05) is 0 Å². The maximum atomic E-state index is 10.4. The Balaban J connectivity index is -0.000000245. The van der Waals surface area contributed by atoms with Crippen LogP contribution >= 0.6 is 0 Å². The molecule has 10 heteroatoms. The second-order valence-electron chi connectivity index (χ2n) is 2.47. The molecule has 4 N–H and O–H groups in total. The molecule has 0 fully saturated rings. The third kappa shape index (κ3) is 6.97. The molecule has 0 unspecified atom stereocenters. The number of hydrogen-bond acceptors (Lipinski definition) is 4. The molecule has 1 rings (SSSR count). The van der Waals surface area contributed by atoms with Gasteiger partial charge in [0.2, 0.25) is 0 Å². The van der Waals surface area contributed by atoms with Gasteiger partial charge in [0.25, 0.3) is 0 Å². The van der Waals surface area contributed by atoms with Gasteiger partial charge >= 0.3 is 130 Å². The van der Waals surface area contributed by atoms with E-state index in [-0.39, 0.29) is 118 Å². The van der Waals surface area contributed by atoms with Crippen LogP contribution in [-0.2, 0) is 0 Å². The first-order valence-electron chi connectivity index (χ1n) is 3.46. The zero-order valence-electron chi connectivity index (χ0n) is 6.76. The van der Waals surface area contributed by atoms with E-state index >= 15 is 0 Å². The number of benzene rings is 1. The number of aromatic carboxylic acids is 2. The van der Waals surface area contributed by atoms with Gasteiger partial charge in [0.05, 0.1) is 0 Å². The Morgan fingerprint density at radius 1 is 0.722 bits per heavy atom. The number of carboxylic acid groups (broad SMARTS) is 2. The summed E-state index contributed by atoms with van der Waals surface area (Å²) in [5.41, 5.74) is -1.10. The third-order valence-electron chi connectivity index (χ3n) is 1.61. The molecule has 18 heavy (non-hydrogen) atoms. The molecular formula is C8H10Na4O6. The van der Waals surface area contributed by atoms with Crippen LogP contribution in [-0.4, -0.2) is 151 Å². The summed E-state index contributed by atoms with van der Waals surface area (Å²) in [5.74, 6) is -4.79. The first-order valence-corrected chi connectivity index (χ1v) is 3.46. The quantitative estimate of drug-likeness (QED) is 0.367. The minimum absolute atomic E-state index is 0. The fourth-order valence-corrected chi connectivity index (χ4v) is 0.925. The molecule has 1 aromatic rings. The molecule has 0 aliphatic rings. The normalized spacial score (nSPS) is 7.56. The number of phenols is 2. The monoisotopic (exact) mass is 294 g/mol. The van der Waals surface area contributed by atoms with Gasteiger partial charge in [0.15, 0.2) is 11.5 Å². The van der Waals surface area contributed by atoms with Crippen molar-refractivity contribution < 1.29 is 30.0 Å². The van der Waals surface area contributed by atoms with Gasteiger partial charge in [-0.2, -0.15) is 0 Å². The van der Waals surface area contributed by atoms with Crippen molar-refractivity contribution in [1.82, 2.24) is 0 Å². The molecule has 0 saturated carbocycles. The second kappa shape index (κ2) is 12.5. The van der Waals surface area contributed by atoms with Crippen LogP contribution in [0.25, 0.3) is 0 Å². The first-order chi connectivity index (χ1) is 6.45. The average Bonchev–Trinajstić information content (AvgIpc) is 2.08. The number of rotatable bonds is 2. The van der Waals surface area contributed by atoms with Crippen LogP contribution in [0.15, 0.2) is 12.1 Å². The summed E-state index contributed by atoms with van der Waals surface area (Å²) in [6.45, 7) is 0. The van der Waals surface area contributed by atoms with Crippen LogP contribution in [0.1, 0.15) is 20.7 Å². The summed E-state index contributed by atoms with van der Waals surface area (Å²) in [4.78, 5) is 20.9. The molecule has 0 aliphatic heterocycles. The molecule has 0 heterocycles. The van der Waals surface area contributed by atoms with E-state index in [0.29, 0.717) is 0 Å². The zero-order valence-corrected chi connectivity index (χ0v) is 6.76. The molecule has 0 atom stereocenters. The van der Waals surface area contributed by atoms with Crippen LogP contribution in [0.4, 0.5) is 0 Å². The first kappa shape index (κ1) is 28.0. The Morgan fingerprint density at radius 3 is 1.11 bits per heavy atom. The zero-order chi connectivity index (χ0) is 10.9. The summed E-state index contributed by atoms with van der Waals surface area (Å²) < 4.78 is 0. The molecule has 0 aliphatic carbocycles. The maximum absolute atomic E-state index is 10.4. The van der Waals surface area contributed by atoms with Gasteiger partial charge in [-0.15, -0.1) is 0 Å². The van der Waals surface area contributed by atoms with Gasteiger partial charge in [0, 0.05) is 0 Å². The van der Waals surface area contributed by atoms with E-state index in [1.165, 1.54) is 0 Å². The molecule has 0 spiro atoms. The van der Waals surface area contributed by atoms with E-state index in [2.05, 4.69) is 0 Å². The predicted octanol–water partition coefficient (Wildman–Crippen LogP) is -2.10. The molecule has 0 bridgehead atoms. The van der Waals surface area contributed by atoms with Crippen molar-refractivity contribution >= 4 is 130 Å². The number of carbonyl (C=O) groups is 2. The molecule has 0 saturated heterocycles. The molecular weight excluding hydrogens is 284 g/mol. The molecule has 82 valence electrons. The van der Waals surface area contributed by atoms with Crippen molar-refractivity contribution in [3.05, 3.63) is 23.3 Å². The molecule has 0 radical (unpaired) electrons. The van der Waals surface area contributed by atoms with E-state index in [0.717, 1.165) is 12.1 Å². The molecule has 0 amide bonds. The molecule has 1 aromatic carbocycles. The van der Waals surface area contributed by atoms with E-state index in [1.54, 1.807) is 0 Å². The van der Waals surface area contributed by atoms with Crippen molar-refractivity contribution in [3.8, 4) is 11.5 Å². The van der Waals surface area contributed by atoms with Crippen molar-refractivity contribution in [3.63, 3.8) is 0 Å². The van der Waals surface area contributed by atoms with Crippen LogP contribution in [0, 0.1) is 0 Å². The van der Waals surface area contributed by atoms with Crippen molar-refractivity contribution in [2.75, 3.05) is 0 Å². The van der Waals surface area contributed by atoms with Gasteiger partial charge in [-0.3, -0.25) is 0 Å². The topological polar surface area (TPSA) is 115 Å². The van der Waals surface area contributed by atoms with Gasteiger partial charge < -0.3 is 20.4 Å². The SMILES string of the molecule is O=C(O)c1ccc(C(=O)O)c(O)c1O.[NaH].[NaH].[NaH].[NaH]. The number of carboxylic acids is 2. The summed E-state index contributed by atoms with van der Waals surface area (Å²) in [6.07, 6.45) is 0. The van der Waals surface area contributed by atoms with Crippen LogP contribution in [0.5, 0.6) is 11.5 Å². The van der Waals surface area contributed by atoms with E-state index in [9.17, 15) is 9.59 Å². The summed E-state index contributed by atoms with van der Waals surface area (Å²) in [7, 11) is 0. The predicted molar refractivity (Wildman–Crippen MR) is 72.3 cm³/mol. The number of hydrogen-bond donors (Lipinski definition) is 4. The van der Waals surface area contributed by atoms with Crippen LogP contribution in [0.3, 0.4) is 0 Å². The van der Waals surface area contributed by atoms with Crippen molar-refractivity contribution in [2.45, 2.75) is 0 Å². The Kier molecular flexibility index (Phi) is 19.4. The van der Waals surface area contributed by atoms with Gasteiger partial charge in [0.1, 0.15) is 11.1 Å². The van der Waals surface area contributed by atoms with Gasteiger partial charge in [-0.05, 0) is 12.1 Å². The van der Waals surface area contributed by atoms with Crippen molar-refractivity contribution in [1.29, 1.82) is 0 Å². The average molecular weight is 294 g/mol. The fraction of sp³-hybridized carbons (Fsp3) is 0. The number of aromatic hydroxyl groups is 2. The van der Waals surface area contributed by atoms with Crippen LogP contribution in [0.2, 0.25) is 0 Å². The Hall–Kier alpha value is 1.76. The standard InChI is InChI=1S/C8H6O6.4Na.4H/c9-5-3(7(11)12)1-2-4(6(5)10)8(13)14;;;;;;;;/h1-2,9-10H,(H,11,12)(H,13,14);;;;;;;;. The molecule has 6 nitrogen and oxygen atoms in total. The summed E-state index contributed by atoms with van der Waals surface area (Å²) >= 11 is 0. The Bertz CT molecular complexity index is 383.